The molecule has 1 N–H and O–H groups in total. The van der Waals surface area contributed by atoms with Crippen molar-refractivity contribution >= 4 is 10.9 Å². The van der Waals surface area contributed by atoms with Crippen LogP contribution in [0.15, 0.2) is 30.5 Å². The van der Waals surface area contributed by atoms with Crippen molar-refractivity contribution in [1.82, 2.24) is 9.88 Å². The highest BCUT2D eigenvalue weighted by Gasteiger charge is 2.15. The summed E-state index contributed by atoms with van der Waals surface area (Å²) in [6, 6.07) is 8.65. The molecule has 1 heterocycles. The maximum absolute atomic E-state index is 9.87. The molecule has 102 valence electrons. The van der Waals surface area contributed by atoms with E-state index in [2.05, 4.69) is 37.6 Å². The van der Waals surface area contributed by atoms with Crippen molar-refractivity contribution in [1.29, 1.82) is 0 Å². The molecule has 2 rings (SSSR count). The Labute approximate surface area is 114 Å². The molecule has 0 atom stereocenters. The topological polar surface area (TPSA) is 36.4 Å². The van der Waals surface area contributed by atoms with Crippen LogP contribution >= 0.6 is 0 Å². The van der Waals surface area contributed by atoms with Gasteiger partial charge in [0.1, 0.15) is 11.3 Å². The molecular weight excluding hydrogens is 236 g/mol. The molecule has 3 heteroatoms. The van der Waals surface area contributed by atoms with E-state index >= 15 is 0 Å². The fourth-order valence-corrected chi connectivity index (χ4v) is 2.51. The van der Waals surface area contributed by atoms with Gasteiger partial charge in [-0.3, -0.25) is 9.88 Å². The molecule has 0 aliphatic carbocycles. The molecule has 1 aromatic carbocycles. The second-order valence-corrected chi connectivity index (χ2v) is 5.50. The minimum Gasteiger partial charge on any atom is -0.506 e. The summed E-state index contributed by atoms with van der Waals surface area (Å²) in [5, 5.41) is 10.9. The van der Waals surface area contributed by atoms with Gasteiger partial charge in [-0.1, -0.05) is 12.1 Å². The van der Waals surface area contributed by atoms with Crippen molar-refractivity contribution in [2.24, 2.45) is 0 Å². The zero-order valence-corrected chi connectivity index (χ0v) is 12.1. The van der Waals surface area contributed by atoms with Crippen molar-refractivity contribution in [3.63, 3.8) is 0 Å². The minimum atomic E-state index is 0.250. The first-order valence-electron chi connectivity index (χ1n) is 6.82. The van der Waals surface area contributed by atoms with Gasteiger partial charge in [-0.15, -0.1) is 0 Å². The van der Waals surface area contributed by atoms with E-state index in [0.29, 0.717) is 17.6 Å². The van der Waals surface area contributed by atoms with E-state index in [1.54, 1.807) is 12.3 Å². The molecule has 0 unspecified atom stereocenters. The van der Waals surface area contributed by atoms with Crippen LogP contribution in [-0.4, -0.2) is 27.1 Å². The molecule has 0 spiro atoms. The number of phenolic OH excluding ortho intramolecular Hbond substituents is 1. The van der Waals surface area contributed by atoms with Crippen molar-refractivity contribution in [2.75, 3.05) is 0 Å². The van der Waals surface area contributed by atoms with Crippen molar-refractivity contribution in [3.05, 3.63) is 36.0 Å². The average molecular weight is 258 g/mol. The molecule has 0 aliphatic rings. The number of rotatable bonds is 4. The Kier molecular flexibility index (Phi) is 4.05. The number of pyridine rings is 1. The van der Waals surface area contributed by atoms with Crippen LogP contribution in [0.1, 0.15) is 33.3 Å². The Morgan fingerprint density at radius 2 is 1.79 bits per heavy atom. The van der Waals surface area contributed by atoms with Crippen molar-refractivity contribution < 1.29 is 5.11 Å². The summed E-state index contributed by atoms with van der Waals surface area (Å²) in [6.07, 6.45) is 1.72. The molecule has 0 fully saturated rings. The number of phenols is 1. The zero-order valence-electron chi connectivity index (χ0n) is 12.1. The Hall–Kier alpha value is -1.61. The van der Waals surface area contributed by atoms with E-state index in [4.69, 9.17) is 0 Å². The van der Waals surface area contributed by atoms with Crippen LogP contribution in [0.25, 0.3) is 10.9 Å². The molecular formula is C16H22N2O. The SMILES string of the molecule is CC(C)N(Cc1ccc(O)c2ncccc12)C(C)C. The number of aromatic nitrogens is 1. The normalized spacial score (nSPS) is 11.9. The van der Waals surface area contributed by atoms with Crippen LogP contribution in [-0.2, 0) is 6.54 Å². The lowest BCUT2D eigenvalue weighted by Crippen LogP contribution is -2.36. The zero-order chi connectivity index (χ0) is 14.0. The van der Waals surface area contributed by atoms with Crippen LogP contribution in [0.2, 0.25) is 0 Å². The number of aromatic hydroxyl groups is 1. The van der Waals surface area contributed by atoms with Gasteiger partial charge in [0.2, 0.25) is 0 Å². The lowest BCUT2D eigenvalue weighted by atomic mass is 10.1. The van der Waals surface area contributed by atoms with Crippen LogP contribution in [0.3, 0.4) is 0 Å². The third-order valence-corrected chi connectivity index (χ3v) is 3.52. The first-order valence-corrected chi connectivity index (χ1v) is 6.82. The molecule has 2 aromatic rings. The van der Waals surface area contributed by atoms with Crippen LogP contribution in [0.5, 0.6) is 5.75 Å². The van der Waals surface area contributed by atoms with E-state index in [9.17, 15) is 5.11 Å². The fourth-order valence-electron chi connectivity index (χ4n) is 2.51. The molecule has 0 aliphatic heterocycles. The molecule has 0 saturated heterocycles. The smallest absolute Gasteiger partial charge is 0.141 e. The predicted molar refractivity (Wildman–Crippen MR) is 79.2 cm³/mol. The highest BCUT2D eigenvalue weighted by Crippen LogP contribution is 2.27. The molecule has 0 bridgehead atoms. The van der Waals surface area contributed by atoms with Gasteiger partial charge in [0.05, 0.1) is 0 Å². The molecule has 0 saturated carbocycles. The summed E-state index contributed by atoms with van der Waals surface area (Å²) >= 11 is 0. The summed E-state index contributed by atoms with van der Waals surface area (Å²) in [4.78, 5) is 6.70. The lowest BCUT2D eigenvalue weighted by molar-refractivity contribution is 0.166. The van der Waals surface area contributed by atoms with Gasteiger partial charge in [-0.2, -0.15) is 0 Å². The molecule has 3 nitrogen and oxygen atoms in total. The third-order valence-electron chi connectivity index (χ3n) is 3.52. The molecule has 19 heavy (non-hydrogen) atoms. The van der Waals surface area contributed by atoms with Gasteiger partial charge in [-0.25, -0.2) is 0 Å². The van der Waals surface area contributed by atoms with Gasteiger partial charge < -0.3 is 5.11 Å². The molecule has 0 amide bonds. The molecule has 0 radical (unpaired) electrons. The number of benzene rings is 1. The highest BCUT2D eigenvalue weighted by atomic mass is 16.3. The summed E-state index contributed by atoms with van der Waals surface area (Å²) in [5.41, 5.74) is 1.90. The quantitative estimate of drug-likeness (QED) is 0.911. The Morgan fingerprint density at radius 1 is 1.11 bits per heavy atom. The monoisotopic (exact) mass is 258 g/mol. The van der Waals surface area contributed by atoms with Gasteiger partial charge in [-0.05, 0) is 45.4 Å². The predicted octanol–water partition coefficient (Wildman–Crippen LogP) is 3.56. The van der Waals surface area contributed by atoms with Crippen molar-refractivity contribution in [3.8, 4) is 5.75 Å². The summed E-state index contributed by atoms with van der Waals surface area (Å²) in [6.45, 7) is 9.71. The van der Waals surface area contributed by atoms with Gasteiger partial charge in [0.15, 0.2) is 0 Å². The number of hydrogen-bond acceptors (Lipinski definition) is 3. The maximum Gasteiger partial charge on any atom is 0.141 e. The summed E-state index contributed by atoms with van der Waals surface area (Å²) in [7, 11) is 0. The average Bonchev–Trinajstić information content (AvgIpc) is 2.37. The van der Waals surface area contributed by atoms with Crippen LogP contribution in [0, 0.1) is 0 Å². The number of nitrogens with zero attached hydrogens (tertiary/aromatic N) is 2. The minimum absolute atomic E-state index is 0.250. The summed E-state index contributed by atoms with van der Waals surface area (Å²) < 4.78 is 0. The van der Waals surface area contributed by atoms with Gasteiger partial charge >= 0.3 is 0 Å². The fraction of sp³-hybridized carbons (Fsp3) is 0.438. The van der Waals surface area contributed by atoms with Crippen LogP contribution in [0.4, 0.5) is 0 Å². The van der Waals surface area contributed by atoms with Crippen LogP contribution < -0.4 is 0 Å². The van der Waals surface area contributed by atoms with E-state index in [0.717, 1.165) is 11.9 Å². The second-order valence-electron chi connectivity index (χ2n) is 5.50. The third kappa shape index (κ3) is 2.87. The standard InChI is InChI=1S/C16H22N2O/c1-11(2)18(12(3)4)10-13-7-8-15(19)16-14(13)6-5-9-17-16/h5-9,11-12,19H,10H2,1-4H3. The van der Waals surface area contributed by atoms with Crippen molar-refractivity contribution in [2.45, 2.75) is 46.3 Å². The van der Waals surface area contributed by atoms with Gasteiger partial charge in [0, 0.05) is 30.2 Å². The number of fused-ring (bicyclic) bond motifs is 1. The van der Waals surface area contributed by atoms with E-state index < -0.39 is 0 Å². The van der Waals surface area contributed by atoms with E-state index in [1.165, 1.54) is 5.56 Å². The number of hydrogen-bond donors (Lipinski definition) is 1. The van der Waals surface area contributed by atoms with E-state index in [-0.39, 0.29) is 5.75 Å². The Morgan fingerprint density at radius 3 is 2.42 bits per heavy atom. The highest BCUT2D eigenvalue weighted by molar-refractivity contribution is 5.87. The lowest BCUT2D eigenvalue weighted by Gasteiger charge is -2.31. The summed E-state index contributed by atoms with van der Waals surface area (Å²) in [5.74, 6) is 0.250. The Bertz CT molecular complexity index is 556. The first kappa shape index (κ1) is 13.8. The second kappa shape index (κ2) is 5.57. The maximum atomic E-state index is 9.87. The largest absolute Gasteiger partial charge is 0.506 e. The van der Waals surface area contributed by atoms with Gasteiger partial charge in [0.25, 0.3) is 0 Å². The molecule has 1 aromatic heterocycles. The Balaban J connectivity index is 2.43. The van der Waals surface area contributed by atoms with E-state index in [1.807, 2.05) is 18.2 Å². The first-order chi connectivity index (χ1) is 9.00.